The van der Waals surface area contributed by atoms with Crippen LogP contribution in [0.2, 0.25) is 0 Å². The number of aliphatic imine (C=N–C) groups is 1. The second-order valence-electron chi connectivity index (χ2n) is 4.73. The summed E-state index contributed by atoms with van der Waals surface area (Å²) in [5.41, 5.74) is 10.3. The Morgan fingerprint density at radius 3 is 2.58 bits per heavy atom. The molecule has 2 rings (SSSR count). The highest BCUT2D eigenvalue weighted by Gasteiger charge is 1.99. The van der Waals surface area contributed by atoms with Crippen molar-refractivity contribution < 1.29 is 0 Å². The molecule has 0 fully saturated rings. The third-order valence-electron chi connectivity index (χ3n) is 2.68. The Morgan fingerprint density at radius 1 is 1.32 bits per heavy atom. The molecule has 0 unspecified atom stereocenters. The molecule has 2 aromatic rings. The fourth-order valence-electron chi connectivity index (χ4n) is 1.96. The Kier molecular flexibility index (Phi) is 3.85. The number of hydrogen-bond acceptors (Lipinski definition) is 2. The summed E-state index contributed by atoms with van der Waals surface area (Å²) >= 11 is 0. The van der Waals surface area contributed by atoms with E-state index in [4.69, 9.17) is 5.73 Å². The van der Waals surface area contributed by atoms with Crippen molar-refractivity contribution in [2.24, 2.45) is 17.8 Å². The third kappa shape index (κ3) is 3.84. The molecule has 19 heavy (non-hydrogen) atoms. The maximum absolute atomic E-state index is 5.87. The quantitative estimate of drug-likeness (QED) is 0.652. The molecule has 3 N–H and O–H groups in total. The summed E-state index contributed by atoms with van der Waals surface area (Å²) in [7, 11) is 1.88. The van der Waals surface area contributed by atoms with Crippen LogP contribution in [0.15, 0.2) is 35.6 Å². The summed E-state index contributed by atoms with van der Waals surface area (Å²) in [5.74, 6) is 0.411. The van der Waals surface area contributed by atoms with E-state index >= 15 is 0 Å². The van der Waals surface area contributed by atoms with Gasteiger partial charge in [0.15, 0.2) is 5.96 Å². The van der Waals surface area contributed by atoms with Crippen LogP contribution >= 0.6 is 0 Å². The summed E-state index contributed by atoms with van der Waals surface area (Å²) in [4.78, 5) is 4.29. The lowest BCUT2D eigenvalue weighted by atomic mass is 10.1. The van der Waals surface area contributed by atoms with Crippen molar-refractivity contribution in [2.75, 3.05) is 5.32 Å². The second-order valence-corrected chi connectivity index (χ2v) is 4.73. The molecule has 0 spiro atoms. The van der Waals surface area contributed by atoms with Gasteiger partial charge in [0, 0.05) is 24.5 Å². The highest BCUT2D eigenvalue weighted by atomic mass is 15.2. The number of benzene rings is 1. The Morgan fingerprint density at radius 2 is 2.00 bits per heavy atom. The molecular formula is C14H19N5. The van der Waals surface area contributed by atoms with Crippen molar-refractivity contribution in [3.63, 3.8) is 0 Å². The normalized spacial score (nSPS) is 11.6. The number of nitrogens with zero attached hydrogens (tertiary/aromatic N) is 3. The Labute approximate surface area is 113 Å². The van der Waals surface area contributed by atoms with Gasteiger partial charge in [0.1, 0.15) is 0 Å². The van der Waals surface area contributed by atoms with Crippen molar-refractivity contribution in [3.05, 3.63) is 47.3 Å². The standard InChI is InChI=1S/C14H19N5/c1-10-4-11(2)6-13(5-10)18-14(15)16-7-12-8-17-19(3)9-12/h4-6,8-9H,7H2,1-3H3,(H3,15,16,18). The minimum atomic E-state index is 0.411. The van der Waals surface area contributed by atoms with Crippen molar-refractivity contribution in [1.29, 1.82) is 0 Å². The van der Waals surface area contributed by atoms with Crippen LogP contribution in [-0.2, 0) is 13.6 Å². The first-order valence-corrected chi connectivity index (χ1v) is 6.16. The summed E-state index contributed by atoms with van der Waals surface area (Å²) in [6.45, 7) is 4.64. The van der Waals surface area contributed by atoms with Crippen LogP contribution < -0.4 is 11.1 Å². The lowest BCUT2D eigenvalue weighted by molar-refractivity contribution is 0.767. The minimum Gasteiger partial charge on any atom is -0.370 e. The van der Waals surface area contributed by atoms with Gasteiger partial charge in [-0.15, -0.1) is 0 Å². The number of aromatic nitrogens is 2. The number of nitrogens with two attached hydrogens (primary N) is 1. The molecule has 1 aromatic carbocycles. The topological polar surface area (TPSA) is 68.2 Å². The predicted molar refractivity (Wildman–Crippen MR) is 78.1 cm³/mol. The largest absolute Gasteiger partial charge is 0.370 e. The lowest BCUT2D eigenvalue weighted by Crippen LogP contribution is -2.22. The van der Waals surface area contributed by atoms with Crippen LogP contribution in [0.4, 0.5) is 5.69 Å². The highest BCUT2D eigenvalue weighted by Crippen LogP contribution is 2.13. The first-order valence-electron chi connectivity index (χ1n) is 6.16. The third-order valence-corrected chi connectivity index (χ3v) is 2.68. The maximum Gasteiger partial charge on any atom is 0.193 e. The van der Waals surface area contributed by atoms with Gasteiger partial charge < -0.3 is 11.1 Å². The summed E-state index contributed by atoms with van der Waals surface area (Å²) in [6, 6.07) is 6.20. The van der Waals surface area contributed by atoms with Crippen LogP contribution in [0, 0.1) is 13.8 Å². The Hall–Kier alpha value is -2.30. The molecule has 1 aromatic heterocycles. The minimum absolute atomic E-state index is 0.411. The van der Waals surface area contributed by atoms with Gasteiger partial charge in [-0.05, 0) is 37.1 Å². The first-order chi connectivity index (χ1) is 9.02. The fourth-order valence-corrected chi connectivity index (χ4v) is 1.96. The van der Waals surface area contributed by atoms with Crippen LogP contribution in [0.1, 0.15) is 16.7 Å². The molecule has 5 nitrogen and oxygen atoms in total. The van der Waals surface area contributed by atoms with Crippen LogP contribution in [0.25, 0.3) is 0 Å². The predicted octanol–water partition coefficient (Wildman–Crippen LogP) is 1.96. The van der Waals surface area contributed by atoms with E-state index in [-0.39, 0.29) is 0 Å². The van der Waals surface area contributed by atoms with E-state index in [2.05, 4.69) is 35.3 Å². The number of hydrogen-bond donors (Lipinski definition) is 2. The summed E-state index contributed by atoms with van der Waals surface area (Å²) in [5, 5.41) is 7.19. The van der Waals surface area contributed by atoms with Crippen LogP contribution in [-0.4, -0.2) is 15.7 Å². The number of guanidine groups is 1. The molecule has 0 aliphatic carbocycles. The Bertz CT molecular complexity index is 577. The van der Waals surface area contributed by atoms with Crippen molar-refractivity contribution in [1.82, 2.24) is 9.78 Å². The van der Waals surface area contributed by atoms with Crippen molar-refractivity contribution in [3.8, 4) is 0 Å². The van der Waals surface area contributed by atoms with Gasteiger partial charge in [0.2, 0.25) is 0 Å². The van der Waals surface area contributed by atoms with Gasteiger partial charge in [-0.25, -0.2) is 4.99 Å². The summed E-state index contributed by atoms with van der Waals surface area (Å²) < 4.78 is 1.75. The number of aryl methyl sites for hydroxylation is 3. The zero-order valence-electron chi connectivity index (χ0n) is 11.5. The Balaban J connectivity index is 2.01. The highest BCUT2D eigenvalue weighted by molar-refractivity contribution is 5.92. The smallest absolute Gasteiger partial charge is 0.193 e. The SMILES string of the molecule is Cc1cc(C)cc(NC(N)=NCc2cnn(C)c2)c1. The van der Waals surface area contributed by atoms with Crippen LogP contribution in [0.5, 0.6) is 0 Å². The molecule has 1 heterocycles. The number of rotatable bonds is 3. The van der Waals surface area contributed by atoms with Crippen molar-refractivity contribution >= 4 is 11.6 Å². The van der Waals surface area contributed by atoms with E-state index in [1.165, 1.54) is 11.1 Å². The fraction of sp³-hybridized carbons (Fsp3) is 0.286. The molecule has 5 heteroatoms. The molecule has 0 radical (unpaired) electrons. The second kappa shape index (κ2) is 5.56. The van der Waals surface area contributed by atoms with Gasteiger partial charge in [-0.1, -0.05) is 6.07 Å². The van der Waals surface area contributed by atoms with Gasteiger partial charge in [-0.3, -0.25) is 4.68 Å². The van der Waals surface area contributed by atoms with E-state index < -0.39 is 0 Å². The molecule has 100 valence electrons. The lowest BCUT2D eigenvalue weighted by Gasteiger charge is -2.07. The van der Waals surface area contributed by atoms with Gasteiger partial charge in [-0.2, -0.15) is 5.10 Å². The van der Waals surface area contributed by atoms with E-state index in [1.54, 1.807) is 10.9 Å². The number of nitrogens with one attached hydrogen (secondary N) is 1. The van der Waals surface area contributed by atoms with E-state index in [0.717, 1.165) is 11.3 Å². The maximum atomic E-state index is 5.87. The van der Waals surface area contributed by atoms with E-state index in [0.29, 0.717) is 12.5 Å². The van der Waals surface area contributed by atoms with Crippen LogP contribution in [0.3, 0.4) is 0 Å². The molecule has 0 aliphatic rings. The molecule has 0 bridgehead atoms. The van der Waals surface area contributed by atoms with Crippen molar-refractivity contribution in [2.45, 2.75) is 20.4 Å². The average molecular weight is 257 g/mol. The van der Waals surface area contributed by atoms with Gasteiger partial charge >= 0.3 is 0 Å². The number of anilines is 1. The van der Waals surface area contributed by atoms with Gasteiger partial charge in [0.25, 0.3) is 0 Å². The molecule has 0 atom stereocenters. The first kappa shape index (κ1) is 13.1. The summed E-state index contributed by atoms with van der Waals surface area (Å²) in [6.07, 6.45) is 3.71. The monoisotopic (exact) mass is 257 g/mol. The molecule has 0 saturated carbocycles. The van der Waals surface area contributed by atoms with Gasteiger partial charge in [0.05, 0.1) is 12.7 Å². The zero-order chi connectivity index (χ0) is 13.8. The molecular weight excluding hydrogens is 238 g/mol. The molecule has 0 amide bonds. The molecule has 0 saturated heterocycles. The average Bonchev–Trinajstić information content (AvgIpc) is 2.71. The van der Waals surface area contributed by atoms with E-state index in [9.17, 15) is 0 Å². The van der Waals surface area contributed by atoms with E-state index in [1.807, 2.05) is 25.4 Å². The zero-order valence-corrected chi connectivity index (χ0v) is 11.5. The molecule has 0 aliphatic heterocycles.